The molecule has 0 atom stereocenters. The molecule has 1 aliphatic heterocycles. The van der Waals surface area contributed by atoms with E-state index in [4.69, 9.17) is 4.74 Å². The second kappa shape index (κ2) is 9.30. The van der Waals surface area contributed by atoms with Gasteiger partial charge in [0.1, 0.15) is 11.3 Å². The van der Waals surface area contributed by atoms with Crippen LogP contribution in [0.2, 0.25) is 0 Å². The topological polar surface area (TPSA) is 84.7 Å². The number of hydrogen-bond donors (Lipinski definition) is 0. The number of nitrogens with zero attached hydrogens (tertiary/aromatic N) is 4. The number of amides is 2. The zero-order chi connectivity index (χ0) is 24.6. The largest absolute Gasteiger partial charge is 0.496 e. The van der Waals surface area contributed by atoms with Crippen molar-refractivity contribution in [3.63, 3.8) is 0 Å². The normalized spacial score (nSPS) is 16.2. The van der Waals surface area contributed by atoms with Gasteiger partial charge in [-0.05, 0) is 18.4 Å². The predicted molar refractivity (Wildman–Crippen MR) is 133 cm³/mol. The Bertz CT molecular complexity index is 1300. The van der Waals surface area contributed by atoms with Crippen LogP contribution >= 0.6 is 11.3 Å². The molecule has 1 aromatic carbocycles. The maximum atomic E-state index is 13.6. The summed E-state index contributed by atoms with van der Waals surface area (Å²) in [6, 6.07) is 11.3. The van der Waals surface area contributed by atoms with Crippen LogP contribution in [0.5, 0.6) is 5.75 Å². The van der Waals surface area contributed by atoms with Gasteiger partial charge in [0, 0.05) is 50.2 Å². The number of pyridine rings is 1. The minimum Gasteiger partial charge on any atom is -0.496 e. The number of thiazole rings is 1. The van der Waals surface area contributed by atoms with E-state index < -0.39 is 5.41 Å². The van der Waals surface area contributed by atoms with Gasteiger partial charge in [0.25, 0.3) is 11.5 Å². The lowest BCUT2D eigenvalue weighted by atomic mass is 9.94. The summed E-state index contributed by atoms with van der Waals surface area (Å²) in [6.07, 6.45) is 2.06. The SMILES string of the molecule is COc1cc(=O)n2c(c1C(=O)N(C)Cc1cscn1)CCN(C(=O)C1(c3ccccc3)CC1)CC2. The molecule has 3 aromatic rings. The number of carbonyl (C=O) groups is 2. The highest BCUT2D eigenvalue weighted by Crippen LogP contribution is 2.49. The number of aromatic nitrogens is 2. The molecule has 9 heteroatoms. The zero-order valence-electron chi connectivity index (χ0n) is 19.9. The number of carbonyl (C=O) groups excluding carboxylic acids is 2. The smallest absolute Gasteiger partial charge is 0.259 e. The molecule has 1 saturated carbocycles. The van der Waals surface area contributed by atoms with Crippen molar-refractivity contribution in [1.29, 1.82) is 0 Å². The first kappa shape index (κ1) is 23.3. The predicted octanol–water partition coefficient (Wildman–Crippen LogP) is 2.70. The third-order valence-electron chi connectivity index (χ3n) is 7.03. The maximum absolute atomic E-state index is 13.6. The maximum Gasteiger partial charge on any atom is 0.259 e. The Labute approximate surface area is 207 Å². The quantitative estimate of drug-likeness (QED) is 0.528. The molecule has 3 heterocycles. The average Bonchev–Trinajstić information content (AvgIpc) is 3.59. The first-order chi connectivity index (χ1) is 16.9. The molecule has 2 amide bonds. The molecular formula is C26H28N4O4S. The van der Waals surface area contributed by atoms with E-state index in [9.17, 15) is 14.4 Å². The van der Waals surface area contributed by atoms with Gasteiger partial charge < -0.3 is 19.1 Å². The van der Waals surface area contributed by atoms with Crippen LogP contribution in [0.25, 0.3) is 0 Å². The summed E-state index contributed by atoms with van der Waals surface area (Å²) >= 11 is 1.48. The van der Waals surface area contributed by atoms with E-state index in [1.54, 1.807) is 22.0 Å². The number of rotatable bonds is 6. The van der Waals surface area contributed by atoms with Crippen LogP contribution in [0.4, 0.5) is 0 Å². The number of methoxy groups -OCH3 is 1. The summed E-state index contributed by atoms with van der Waals surface area (Å²) in [7, 11) is 3.18. The molecule has 1 fully saturated rings. The number of ether oxygens (including phenoxy) is 1. The third kappa shape index (κ3) is 4.25. The second-order valence-corrected chi connectivity index (χ2v) is 9.87. The standard InChI is InChI=1S/C26H28N4O4S/c1-28(15-19-16-35-17-27-19)24(32)23-20-8-11-29(12-13-30(20)22(31)14-21(23)34-2)25(33)26(9-10-26)18-6-4-3-5-7-18/h3-7,14,16-17H,8-13,15H2,1-2H3. The first-order valence-corrected chi connectivity index (χ1v) is 12.7. The fourth-order valence-electron chi connectivity index (χ4n) is 4.98. The summed E-state index contributed by atoms with van der Waals surface area (Å²) in [6.45, 7) is 1.56. The number of benzene rings is 1. The van der Waals surface area contributed by atoms with E-state index in [1.807, 2.05) is 40.6 Å². The van der Waals surface area contributed by atoms with E-state index in [-0.39, 0.29) is 23.1 Å². The van der Waals surface area contributed by atoms with Crippen molar-refractivity contribution >= 4 is 23.2 Å². The summed E-state index contributed by atoms with van der Waals surface area (Å²) in [5, 5.41) is 1.90. The second-order valence-electron chi connectivity index (χ2n) is 9.16. The molecule has 0 N–H and O–H groups in total. The molecule has 0 unspecified atom stereocenters. The van der Waals surface area contributed by atoms with Crippen LogP contribution in [0.3, 0.4) is 0 Å². The molecule has 0 saturated heterocycles. The minimum atomic E-state index is -0.465. The van der Waals surface area contributed by atoms with Crippen LogP contribution in [0.15, 0.2) is 52.1 Å². The molecule has 8 nitrogen and oxygen atoms in total. The first-order valence-electron chi connectivity index (χ1n) is 11.7. The molecule has 2 aliphatic rings. The van der Waals surface area contributed by atoms with Gasteiger partial charge in [-0.2, -0.15) is 0 Å². The van der Waals surface area contributed by atoms with Gasteiger partial charge in [0.05, 0.1) is 30.3 Å². The number of fused-ring (bicyclic) bond motifs is 1. The van der Waals surface area contributed by atoms with Crippen LogP contribution in [-0.2, 0) is 29.7 Å². The van der Waals surface area contributed by atoms with E-state index in [1.165, 1.54) is 24.5 Å². The van der Waals surface area contributed by atoms with Crippen molar-refractivity contribution in [3.05, 3.63) is 80.2 Å². The summed E-state index contributed by atoms with van der Waals surface area (Å²) < 4.78 is 7.11. The Morgan fingerprint density at radius 2 is 1.94 bits per heavy atom. The third-order valence-corrected chi connectivity index (χ3v) is 7.66. The summed E-state index contributed by atoms with van der Waals surface area (Å²) in [4.78, 5) is 47.8. The fraction of sp³-hybridized carbons (Fsp3) is 0.385. The van der Waals surface area contributed by atoms with Crippen molar-refractivity contribution in [2.75, 3.05) is 27.2 Å². The Hall–Kier alpha value is -3.46. The Kier molecular flexibility index (Phi) is 6.19. The van der Waals surface area contributed by atoms with Crippen molar-refractivity contribution in [3.8, 4) is 5.75 Å². The lowest BCUT2D eigenvalue weighted by Gasteiger charge is -2.26. The van der Waals surface area contributed by atoms with E-state index in [0.717, 1.165) is 24.1 Å². The van der Waals surface area contributed by atoms with Crippen LogP contribution in [0.1, 0.15) is 40.2 Å². The van der Waals surface area contributed by atoms with Gasteiger partial charge in [0.2, 0.25) is 5.91 Å². The molecule has 0 spiro atoms. The number of hydrogen-bond acceptors (Lipinski definition) is 6. The molecule has 1 aliphatic carbocycles. The Morgan fingerprint density at radius 3 is 2.60 bits per heavy atom. The molecule has 0 radical (unpaired) electrons. The Morgan fingerprint density at radius 1 is 1.17 bits per heavy atom. The van der Waals surface area contributed by atoms with Crippen molar-refractivity contribution < 1.29 is 14.3 Å². The molecular weight excluding hydrogens is 464 g/mol. The molecule has 35 heavy (non-hydrogen) atoms. The molecule has 5 rings (SSSR count). The van der Waals surface area contributed by atoms with E-state index >= 15 is 0 Å². The van der Waals surface area contributed by atoms with Crippen LogP contribution in [-0.4, -0.2) is 58.4 Å². The monoisotopic (exact) mass is 492 g/mol. The fourth-order valence-corrected chi connectivity index (χ4v) is 5.53. The molecule has 0 bridgehead atoms. The summed E-state index contributed by atoms with van der Waals surface area (Å²) in [5.74, 6) is 0.130. The lowest BCUT2D eigenvalue weighted by Crippen LogP contribution is -2.41. The highest BCUT2D eigenvalue weighted by Gasteiger charge is 2.53. The van der Waals surface area contributed by atoms with Gasteiger partial charge in [-0.15, -0.1) is 11.3 Å². The molecule has 182 valence electrons. The van der Waals surface area contributed by atoms with E-state index in [2.05, 4.69) is 4.98 Å². The average molecular weight is 493 g/mol. The highest BCUT2D eigenvalue weighted by molar-refractivity contribution is 7.07. The van der Waals surface area contributed by atoms with Gasteiger partial charge in [-0.25, -0.2) is 4.98 Å². The van der Waals surface area contributed by atoms with E-state index in [0.29, 0.717) is 43.9 Å². The highest BCUT2D eigenvalue weighted by atomic mass is 32.1. The van der Waals surface area contributed by atoms with Crippen molar-refractivity contribution in [2.24, 2.45) is 0 Å². The lowest BCUT2D eigenvalue weighted by molar-refractivity contribution is -0.134. The van der Waals surface area contributed by atoms with Crippen LogP contribution < -0.4 is 10.3 Å². The van der Waals surface area contributed by atoms with Crippen molar-refractivity contribution in [1.82, 2.24) is 19.4 Å². The zero-order valence-corrected chi connectivity index (χ0v) is 20.7. The minimum absolute atomic E-state index is 0.102. The Balaban J connectivity index is 1.43. The van der Waals surface area contributed by atoms with Gasteiger partial charge in [-0.3, -0.25) is 14.4 Å². The van der Waals surface area contributed by atoms with Gasteiger partial charge in [0.15, 0.2) is 0 Å². The summed E-state index contributed by atoms with van der Waals surface area (Å²) in [5.41, 5.74) is 3.88. The van der Waals surface area contributed by atoms with Crippen molar-refractivity contribution in [2.45, 2.75) is 37.8 Å². The van der Waals surface area contributed by atoms with Gasteiger partial charge in [-0.1, -0.05) is 30.3 Å². The van der Waals surface area contributed by atoms with Gasteiger partial charge >= 0.3 is 0 Å². The van der Waals surface area contributed by atoms with Crippen LogP contribution in [0, 0.1) is 0 Å². The molecule has 2 aromatic heterocycles.